The van der Waals surface area contributed by atoms with Crippen molar-refractivity contribution >= 4 is 11.8 Å². The van der Waals surface area contributed by atoms with Crippen molar-refractivity contribution in [2.75, 3.05) is 38.8 Å². The minimum absolute atomic E-state index is 0.0871. The minimum Gasteiger partial charge on any atom is -0.352 e. The largest absolute Gasteiger partial charge is 0.352 e. The van der Waals surface area contributed by atoms with Crippen LogP contribution in [0.3, 0.4) is 0 Å². The van der Waals surface area contributed by atoms with Gasteiger partial charge in [-0.15, -0.1) is 0 Å². The number of ether oxygens (including phenoxy) is 2. The third-order valence-corrected chi connectivity index (χ3v) is 3.31. The normalized spacial score (nSPS) is 13.7. The van der Waals surface area contributed by atoms with E-state index < -0.39 is 0 Å². The van der Waals surface area contributed by atoms with Crippen LogP contribution in [0, 0.1) is 0 Å². The third-order valence-electron chi connectivity index (χ3n) is 2.60. The van der Waals surface area contributed by atoms with Crippen molar-refractivity contribution in [2.45, 2.75) is 39.5 Å². The lowest BCUT2D eigenvalue weighted by molar-refractivity contribution is -0.147. The quantitative estimate of drug-likeness (QED) is 0.554. The Morgan fingerprint density at radius 2 is 1.69 bits per heavy atom. The van der Waals surface area contributed by atoms with Gasteiger partial charge in [0.15, 0.2) is 6.29 Å². The summed E-state index contributed by atoms with van der Waals surface area (Å²) in [6, 6.07) is 0.610. The second-order valence-corrected chi connectivity index (χ2v) is 4.71. The van der Waals surface area contributed by atoms with Gasteiger partial charge in [-0.2, -0.15) is 11.8 Å². The van der Waals surface area contributed by atoms with E-state index in [-0.39, 0.29) is 6.29 Å². The van der Waals surface area contributed by atoms with Crippen molar-refractivity contribution < 1.29 is 9.47 Å². The molecule has 0 aliphatic rings. The molecule has 98 valence electrons. The van der Waals surface area contributed by atoms with Gasteiger partial charge in [-0.05, 0) is 33.6 Å². The van der Waals surface area contributed by atoms with Crippen LogP contribution in [0.15, 0.2) is 0 Å². The Balaban J connectivity index is 4.07. The first kappa shape index (κ1) is 16.2. The van der Waals surface area contributed by atoms with E-state index in [0.717, 1.165) is 12.3 Å². The maximum Gasteiger partial charge on any atom is 0.170 e. The Hall–Kier alpha value is 0.230. The molecule has 0 aromatic heterocycles. The smallest absolute Gasteiger partial charge is 0.170 e. The molecule has 1 unspecified atom stereocenters. The zero-order chi connectivity index (χ0) is 12.4. The number of hydrogen-bond donors (Lipinski definition) is 0. The van der Waals surface area contributed by atoms with Crippen LogP contribution >= 0.6 is 11.8 Å². The molecular weight excluding hydrogens is 222 g/mol. The van der Waals surface area contributed by atoms with Gasteiger partial charge < -0.3 is 9.47 Å². The fourth-order valence-electron chi connectivity index (χ4n) is 1.66. The molecule has 0 spiro atoms. The van der Waals surface area contributed by atoms with Crippen LogP contribution in [-0.4, -0.2) is 56.0 Å². The second-order valence-electron chi connectivity index (χ2n) is 3.80. The molecule has 0 bridgehead atoms. The summed E-state index contributed by atoms with van der Waals surface area (Å²) >= 11 is 1.89. The van der Waals surface area contributed by atoms with E-state index in [9.17, 15) is 0 Å². The summed E-state index contributed by atoms with van der Waals surface area (Å²) in [7, 11) is 2.15. The Kier molecular flexibility index (Phi) is 10.5. The molecule has 0 saturated heterocycles. The van der Waals surface area contributed by atoms with E-state index in [1.54, 1.807) is 0 Å². The van der Waals surface area contributed by atoms with Crippen molar-refractivity contribution in [3.8, 4) is 0 Å². The molecule has 0 radical (unpaired) electrons. The van der Waals surface area contributed by atoms with Gasteiger partial charge in [-0.3, -0.25) is 4.90 Å². The number of likely N-dealkylation sites (N-methyl/N-ethyl adjacent to an activating group) is 1. The molecular formula is C12H27NO2S. The molecule has 0 aliphatic heterocycles. The SMILES string of the molecule is CCOC(CN(C)C(CC)CSC)OCC. The average molecular weight is 249 g/mol. The molecule has 0 N–H and O–H groups in total. The van der Waals surface area contributed by atoms with E-state index in [2.05, 4.69) is 25.1 Å². The maximum absolute atomic E-state index is 5.56. The highest BCUT2D eigenvalue weighted by molar-refractivity contribution is 7.98. The molecule has 0 aromatic carbocycles. The standard InChI is InChI=1S/C12H27NO2S/c1-6-11(10-16-5)13(4)9-12(14-7-2)15-8-3/h11-12H,6-10H2,1-5H3. The molecule has 0 rings (SSSR count). The van der Waals surface area contributed by atoms with Gasteiger partial charge in [-0.1, -0.05) is 6.92 Å². The van der Waals surface area contributed by atoms with E-state index in [1.165, 1.54) is 6.42 Å². The molecule has 0 fully saturated rings. The van der Waals surface area contributed by atoms with Crippen LogP contribution < -0.4 is 0 Å². The molecule has 1 atom stereocenters. The zero-order valence-electron chi connectivity index (χ0n) is 11.4. The summed E-state index contributed by atoms with van der Waals surface area (Å²) in [5.74, 6) is 1.16. The van der Waals surface area contributed by atoms with Crippen LogP contribution in [-0.2, 0) is 9.47 Å². The van der Waals surface area contributed by atoms with Crippen LogP contribution in [0.1, 0.15) is 27.2 Å². The number of rotatable bonds is 10. The summed E-state index contributed by atoms with van der Waals surface area (Å²) in [6.07, 6.45) is 3.23. The van der Waals surface area contributed by atoms with Crippen LogP contribution in [0.4, 0.5) is 0 Å². The summed E-state index contributed by atoms with van der Waals surface area (Å²) in [4.78, 5) is 2.34. The molecule has 4 heteroatoms. The van der Waals surface area contributed by atoms with E-state index in [0.29, 0.717) is 19.3 Å². The van der Waals surface area contributed by atoms with Gasteiger partial charge in [0.25, 0.3) is 0 Å². The monoisotopic (exact) mass is 249 g/mol. The highest BCUT2D eigenvalue weighted by Gasteiger charge is 2.17. The molecule has 0 heterocycles. The zero-order valence-corrected chi connectivity index (χ0v) is 12.2. The summed E-state index contributed by atoms with van der Waals surface area (Å²) in [5.41, 5.74) is 0. The third kappa shape index (κ3) is 6.74. The van der Waals surface area contributed by atoms with Gasteiger partial charge >= 0.3 is 0 Å². The fourth-order valence-corrected chi connectivity index (χ4v) is 2.53. The first-order chi connectivity index (χ1) is 7.69. The highest BCUT2D eigenvalue weighted by Crippen LogP contribution is 2.10. The predicted octanol–water partition coefficient (Wildman–Crippen LogP) is 2.46. The van der Waals surface area contributed by atoms with Crippen LogP contribution in [0.5, 0.6) is 0 Å². The average Bonchev–Trinajstić information content (AvgIpc) is 2.26. The van der Waals surface area contributed by atoms with Gasteiger partial charge in [0, 0.05) is 31.6 Å². The Morgan fingerprint density at radius 1 is 1.12 bits per heavy atom. The number of thioether (sulfide) groups is 1. The summed E-state index contributed by atoms with van der Waals surface area (Å²) in [6.45, 7) is 8.50. The lowest BCUT2D eigenvalue weighted by atomic mass is 10.2. The minimum atomic E-state index is -0.0871. The molecule has 16 heavy (non-hydrogen) atoms. The topological polar surface area (TPSA) is 21.7 Å². The van der Waals surface area contributed by atoms with Gasteiger partial charge in [0.2, 0.25) is 0 Å². The molecule has 3 nitrogen and oxygen atoms in total. The first-order valence-electron chi connectivity index (χ1n) is 6.11. The first-order valence-corrected chi connectivity index (χ1v) is 7.51. The Labute approximate surface area is 105 Å². The van der Waals surface area contributed by atoms with Crippen molar-refractivity contribution in [3.63, 3.8) is 0 Å². The maximum atomic E-state index is 5.56. The summed E-state index contributed by atoms with van der Waals surface area (Å²) in [5, 5.41) is 0. The Bertz CT molecular complexity index is 152. The van der Waals surface area contributed by atoms with Crippen molar-refractivity contribution in [1.82, 2.24) is 4.90 Å². The summed E-state index contributed by atoms with van der Waals surface area (Å²) < 4.78 is 11.1. The molecule has 0 aliphatic carbocycles. The van der Waals surface area contributed by atoms with Crippen LogP contribution in [0.25, 0.3) is 0 Å². The van der Waals surface area contributed by atoms with Crippen molar-refractivity contribution in [3.05, 3.63) is 0 Å². The van der Waals surface area contributed by atoms with E-state index in [1.807, 2.05) is 25.6 Å². The molecule has 0 aromatic rings. The van der Waals surface area contributed by atoms with Gasteiger partial charge in [0.1, 0.15) is 0 Å². The Morgan fingerprint density at radius 3 is 2.06 bits per heavy atom. The second kappa shape index (κ2) is 10.4. The lowest BCUT2D eigenvalue weighted by Crippen LogP contribution is -2.40. The fraction of sp³-hybridized carbons (Fsp3) is 1.00. The number of nitrogens with zero attached hydrogens (tertiary/aromatic N) is 1. The van der Waals surface area contributed by atoms with E-state index in [4.69, 9.17) is 9.47 Å². The predicted molar refractivity (Wildman–Crippen MR) is 72.1 cm³/mol. The molecule has 0 saturated carbocycles. The van der Waals surface area contributed by atoms with Gasteiger partial charge in [-0.25, -0.2) is 0 Å². The van der Waals surface area contributed by atoms with Crippen LogP contribution in [0.2, 0.25) is 0 Å². The van der Waals surface area contributed by atoms with Crippen molar-refractivity contribution in [2.24, 2.45) is 0 Å². The van der Waals surface area contributed by atoms with Gasteiger partial charge in [0.05, 0.1) is 0 Å². The lowest BCUT2D eigenvalue weighted by Gasteiger charge is -2.30. The highest BCUT2D eigenvalue weighted by atomic mass is 32.2. The molecule has 0 amide bonds. The van der Waals surface area contributed by atoms with E-state index >= 15 is 0 Å². The number of hydrogen-bond acceptors (Lipinski definition) is 4. The van der Waals surface area contributed by atoms with Crippen molar-refractivity contribution in [1.29, 1.82) is 0 Å².